The molecule has 0 spiro atoms. The van der Waals surface area contributed by atoms with Crippen molar-refractivity contribution in [2.45, 2.75) is 6.10 Å². The van der Waals surface area contributed by atoms with Crippen LogP contribution in [0.15, 0.2) is 46.9 Å². The van der Waals surface area contributed by atoms with Crippen LogP contribution in [0.1, 0.15) is 17.2 Å². The van der Waals surface area contributed by atoms with E-state index >= 15 is 0 Å². The second-order valence-electron chi connectivity index (χ2n) is 4.06. The molecule has 100 valence electrons. The zero-order valence-corrected chi connectivity index (χ0v) is 12.3. The van der Waals surface area contributed by atoms with Crippen LogP contribution in [0.25, 0.3) is 0 Å². The Morgan fingerprint density at radius 3 is 2.26 bits per heavy atom. The van der Waals surface area contributed by atoms with Gasteiger partial charge in [0.1, 0.15) is 17.6 Å². The number of hydrogen-bond donors (Lipinski definition) is 1. The van der Waals surface area contributed by atoms with Crippen LogP contribution in [0.2, 0.25) is 0 Å². The van der Waals surface area contributed by atoms with Crippen LogP contribution in [-0.2, 0) is 0 Å². The molecule has 3 nitrogen and oxygen atoms in total. The minimum absolute atomic E-state index is 0.659. The summed E-state index contributed by atoms with van der Waals surface area (Å²) in [6.45, 7) is 0. The Morgan fingerprint density at radius 1 is 1.00 bits per heavy atom. The molecule has 0 aromatic heterocycles. The molecule has 0 fully saturated rings. The maximum Gasteiger partial charge on any atom is 0.125 e. The van der Waals surface area contributed by atoms with E-state index in [2.05, 4.69) is 15.9 Å². The second-order valence-corrected chi connectivity index (χ2v) is 4.98. The first-order chi connectivity index (χ1) is 9.15. The summed E-state index contributed by atoms with van der Waals surface area (Å²) >= 11 is 3.40. The first kappa shape index (κ1) is 13.9. The number of halogens is 1. The molecule has 0 amide bonds. The van der Waals surface area contributed by atoms with Gasteiger partial charge in [0.15, 0.2) is 0 Å². The van der Waals surface area contributed by atoms with Gasteiger partial charge in [-0.05, 0) is 35.9 Å². The predicted octanol–water partition coefficient (Wildman–Crippen LogP) is 3.55. The maximum atomic E-state index is 10.5. The third-order valence-corrected chi connectivity index (χ3v) is 3.41. The Labute approximate surface area is 120 Å². The highest BCUT2D eigenvalue weighted by Crippen LogP contribution is 2.32. The largest absolute Gasteiger partial charge is 0.497 e. The minimum Gasteiger partial charge on any atom is -0.497 e. The third-order valence-electron chi connectivity index (χ3n) is 2.92. The van der Waals surface area contributed by atoms with Crippen molar-refractivity contribution in [2.75, 3.05) is 14.2 Å². The molecular formula is C15H15BrO3. The predicted molar refractivity (Wildman–Crippen MR) is 77.7 cm³/mol. The van der Waals surface area contributed by atoms with E-state index in [9.17, 15) is 5.11 Å². The van der Waals surface area contributed by atoms with Gasteiger partial charge in [0.25, 0.3) is 0 Å². The van der Waals surface area contributed by atoms with Crippen LogP contribution in [-0.4, -0.2) is 19.3 Å². The first-order valence-electron chi connectivity index (χ1n) is 5.81. The summed E-state index contributed by atoms with van der Waals surface area (Å²) in [6, 6.07) is 12.9. The van der Waals surface area contributed by atoms with E-state index in [0.717, 1.165) is 21.3 Å². The van der Waals surface area contributed by atoms with E-state index in [1.165, 1.54) is 0 Å². The molecule has 19 heavy (non-hydrogen) atoms. The summed E-state index contributed by atoms with van der Waals surface area (Å²) in [4.78, 5) is 0. The summed E-state index contributed by atoms with van der Waals surface area (Å²) in [5.41, 5.74) is 1.51. The van der Waals surface area contributed by atoms with E-state index in [1.54, 1.807) is 14.2 Å². The quantitative estimate of drug-likeness (QED) is 0.935. The average molecular weight is 323 g/mol. The molecular weight excluding hydrogens is 308 g/mol. The molecule has 0 radical (unpaired) electrons. The molecule has 0 aliphatic carbocycles. The van der Waals surface area contributed by atoms with Crippen molar-refractivity contribution >= 4 is 15.9 Å². The number of aliphatic hydroxyl groups excluding tert-OH is 1. The Balaban J connectivity index is 2.36. The number of methoxy groups -OCH3 is 2. The zero-order chi connectivity index (χ0) is 13.8. The van der Waals surface area contributed by atoms with Gasteiger partial charge in [0, 0.05) is 10.0 Å². The van der Waals surface area contributed by atoms with Crippen molar-refractivity contribution in [1.82, 2.24) is 0 Å². The Hall–Kier alpha value is -1.52. The molecule has 2 aromatic carbocycles. The van der Waals surface area contributed by atoms with Crippen molar-refractivity contribution in [3.05, 3.63) is 58.1 Å². The number of aliphatic hydroxyl groups is 1. The first-order valence-corrected chi connectivity index (χ1v) is 6.60. The fraction of sp³-hybridized carbons (Fsp3) is 0.200. The average Bonchev–Trinajstić information content (AvgIpc) is 2.46. The van der Waals surface area contributed by atoms with Crippen LogP contribution in [0, 0.1) is 0 Å². The van der Waals surface area contributed by atoms with Crippen molar-refractivity contribution in [3.63, 3.8) is 0 Å². The van der Waals surface area contributed by atoms with Gasteiger partial charge in [-0.1, -0.05) is 28.1 Å². The highest BCUT2D eigenvalue weighted by molar-refractivity contribution is 9.10. The molecule has 2 rings (SSSR count). The molecule has 1 N–H and O–H groups in total. The van der Waals surface area contributed by atoms with Crippen LogP contribution in [0.3, 0.4) is 0 Å². The van der Waals surface area contributed by atoms with Crippen LogP contribution in [0.5, 0.6) is 11.5 Å². The number of benzene rings is 2. The molecule has 1 unspecified atom stereocenters. The van der Waals surface area contributed by atoms with Gasteiger partial charge in [-0.25, -0.2) is 0 Å². The zero-order valence-electron chi connectivity index (χ0n) is 10.8. The molecule has 0 heterocycles. The topological polar surface area (TPSA) is 38.7 Å². The normalized spacial score (nSPS) is 12.0. The van der Waals surface area contributed by atoms with Crippen LogP contribution in [0.4, 0.5) is 0 Å². The monoisotopic (exact) mass is 322 g/mol. The standard InChI is InChI=1S/C15H15BrO3/c1-18-12-6-3-10(4-7-12)15(17)13-9-11(16)5-8-14(13)19-2/h3-9,15,17H,1-2H3. The van der Waals surface area contributed by atoms with E-state index < -0.39 is 6.10 Å². The summed E-state index contributed by atoms with van der Waals surface area (Å²) < 4.78 is 11.3. The van der Waals surface area contributed by atoms with Crippen LogP contribution >= 0.6 is 15.9 Å². The van der Waals surface area contributed by atoms with E-state index in [4.69, 9.17) is 9.47 Å². The van der Waals surface area contributed by atoms with Gasteiger partial charge in [-0.3, -0.25) is 0 Å². The van der Waals surface area contributed by atoms with Gasteiger partial charge in [0.2, 0.25) is 0 Å². The molecule has 0 bridgehead atoms. The fourth-order valence-electron chi connectivity index (χ4n) is 1.88. The molecule has 2 aromatic rings. The lowest BCUT2D eigenvalue weighted by molar-refractivity contribution is 0.214. The highest BCUT2D eigenvalue weighted by Gasteiger charge is 2.15. The maximum absolute atomic E-state index is 10.5. The molecule has 0 saturated carbocycles. The number of ether oxygens (including phenoxy) is 2. The van der Waals surface area contributed by atoms with Gasteiger partial charge < -0.3 is 14.6 Å². The second kappa shape index (κ2) is 6.08. The molecule has 4 heteroatoms. The Bertz CT molecular complexity index is 552. The Morgan fingerprint density at radius 2 is 1.68 bits per heavy atom. The number of rotatable bonds is 4. The molecule has 0 aliphatic heterocycles. The fourth-order valence-corrected chi connectivity index (χ4v) is 2.26. The Kier molecular flexibility index (Phi) is 4.45. The summed E-state index contributed by atoms with van der Waals surface area (Å²) in [5.74, 6) is 1.42. The van der Waals surface area contributed by atoms with Gasteiger partial charge >= 0.3 is 0 Å². The highest BCUT2D eigenvalue weighted by atomic mass is 79.9. The van der Waals surface area contributed by atoms with Gasteiger partial charge in [-0.15, -0.1) is 0 Å². The smallest absolute Gasteiger partial charge is 0.125 e. The lowest BCUT2D eigenvalue weighted by Gasteiger charge is -2.16. The van der Waals surface area contributed by atoms with E-state index in [0.29, 0.717) is 5.75 Å². The molecule has 0 saturated heterocycles. The number of hydrogen-bond acceptors (Lipinski definition) is 3. The van der Waals surface area contributed by atoms with Crippen molar-refractivity contribution in [2.24, 2.45) is 0 Å². The lowest BCUT2D eigenvalue weighted by atomic mass is 10.0. The minimum atomic E-state index is -0.738. The van der Waals surface area contributed by atoms with E-state index in [1.807, 2.05) is 42.5 Å². The van der Waals surface area contributed by atoms with Crippen molar-refractivity contribution in [3.8, 4) is 11.5 Å². The molecule has 1 atom stereocenters. The third kappa shape index (κ3) is 3.08. The van der Waals surface area contributed by atoms with Crippen molar-refractivity contribution in [1.29, 1.82) is 0 Å². The van der Waals surface area contributed by atoms with Gasteiger partial charge in [-0.2, -0.15) is 0 Å². The SMILES string of the molecule is COc1ccc(C(O)c2cc(Br)ccc2OC)cc1. The molecule has 0 aliphatic rings. The summed E-state index contributed by atoms with van der Waals surface area (Å²) in [6.07, 6.45) is -0.738. The van der Waals surface area contributed by atoms with Crippen LogP contribution < -0.4 is 9.47 Å². The van der Waals surface area contributed by atoms with Crippen molar-refractivity contribution < 1.29 is 14.6 Å². The lowest BCUT2D eigenvalue weighted by Crippen LogP contribution is -2.02. The summed E-state index contributed by atoms with van der Waals surface area (Å²) in [5, 5.41) is 10.5. The summed E-state index contributed by atoms with van der Waals surface area (Å²) in [7, 11) is 3.20. The van der Waals surface area contributed by atoms with E-state index in [-0.39, 0.29) is 0 Å². The van der Waals surface area contributed by atoms with Gasteiger partial charge in [0.05, 0.1) is 14.2 Å².